The fourth-order valence-corrected chi connectivity index (χ4v) is 3.72. The summed E-state index contributed by atoms with van der Waals surface area (Å²) >= 11 is 0. The van der Waals surface area contributed by atoms with Gasteiger partial charge in [0.2, 0.25) is 0 Å². The summed E-state index contributed by atoms with van der Waals surface area (Å²) in [4.78, 5) is 16.3. The van der Waals surface area contributed by atoms with Crippen LogP contribution in [-0.2, 0) is 0 Å². The van der Waals surface area contributed by atoms with Gasteiger partial charge in [0.25, 0.3) is 5.88 Å². The van der Waals surface area contributed by atoms with Gasteiger partial charge in [0.15, 0.2) is 11.6 Å². The number of carbonyl (C=O) groups is 1. The maximum Gasteiger partial charge on any atom is 0.387 e. The molecular formula is C21H23F2N5O4. The normalized spacial score (nSPS) is 18.5. The van der Waals surface area contributed by atoms with Crippen molar-refractivity contribution >= 4 is 17.4 Å². The molecule has 32 heavy (non-hydrogen) atoms. The molecular weight excluding hydrogens is 424 g/mol. The lowest BCUT2D eigenvalue weighted by molar-refractivity contribution is -0.0515. The minimum absolute atomic E-state index is 0.0225. The molecule has 0 unspecified atom stereocenters. The highest BCUT2D eigenvalue weighted by Crippen LogP contribution is 2.32. The van der Waals surface area contributed by atoms with E-state index < -0.39 is 6.61 Å². The summed E-state index contributed by atoms with van der Waals surface area (Å²) < 4.78 is 36.4. The summed E-state index contributed by atoms with van der Waals surface area (Å²) in [6, 6.07) is 6.31. The maximum atomic E-state index is 12.7. The van der Waals surface area contributed by atoms with Crippen molar-refractivity contribution < 1.29 is 28.2 Å². The van der Waals surface area contributed by atoms with Gasteiger partial charge in [-0.3, -0.25) is 5.32 Å². The lowest BCUT2D eigenvalue weighted by atomic mass is 9.93. The van der Waals surface area contributed by atoms with Crippen molar-refractivity contribution in [3.63, 3.8) is 0 Å². The molecule has 0 aliphatic heterocycles. The van der Waals surface area contributed by atoms with Crippen LogP contribution in [-0.4, -0.2) is 51.6 Å². The third-order valence-corrected chi connectivity index (χ3v) is 5.30. The van der Waals surface area contributed by atoms with Gasteiger partial charge in [-0.1, -0.05) is 0 Å². The second-order valence-electron chi connectivity index (χ2n) is 7.53. The van der Waals surface area contributed by atoms with E-state index in [1.54, 1.807) is 28.9 Å². The van der Waals surface area contributed by atoms with Crippen LogP contribution in [0.15, 0.2) is 36.7 Å². The van der Waals surface area contributed by atoms with Crippen LogP contribution in [0.25, 0.3) is 16.6 Å². The van der Waals surface area contributed by atoms with Gasteiger partial charge in [-0.25, -0.2) is 14.3 Å². The SMILES string of the molecule is COc1ncc(-c2ccn3nc(NC(=O)NC4CCC(O)CC4)cc3c2)cc1OC(F)F. The van der Waals surface area contributed by atoms with Crippen molar-refractivity contribution in [2.45, 2.75) is 44.4 Å². The van der Waals surface area contributed by atoms with Crippen molar-refractivity contribution in [3.05, 3.63) is 36.7 Å². The molecule has 4 rings (SSSR count). The number of urea groups is 1. The molecule has 11 heteroatoms. The predicted octanol–water partition coefficient (Wildman–Crippen LogP) is 3.43. The zero-order chi connectivity index (χ0) is 22.7. The number of ether oxygens (including phenoxy) is 2. The Balaban J connectivity index is 1.49. The molecule has 9 nitrogen and oxygen atoms in total. The molecule has 3 heterocycles. The largest absolute Gasteiger partial charge is 0.478 e. The van der Waals surface area contributed by atoms with Gasteiger partial charge in [-0.15, -0.1) is 5.10 Å². The lowest BCUT2D eigenvalue weighted by Crippen LogP contribution is -2.40. The molecule has 0 saturated heterocycles. The molecule has 2 amide bonds. The van der Waals surface area contributed by atoms with E-state index >= 15 is 0 Å². The number of anilines is 1. The summed E-state index contributed by atoms with van der Waals surface area (Å²) in [6.07, 6.45) is 5.70. The second kappa shape index (κ2) is 9.35. The highest BCUT2D eigenvalue weighted by Gasteiger charge is 2.21. The first kappa shape index (κ1) is 21.8. The van der Waals surface area contributed by atoms with Crippen molar-refractivity contribution in [1.29, 1.82) is 0 Å². The Morgan fingerprint density at radius 1 is 1.22 bits per heavy atom. The van der Waals surface area contributed by atoms with Gasteiger partial charge in [-0.05, 0) is 49.4 Å². The third kappa shape index (κ3) is 5.05. The molecule has 3 N–H and O–H groups in total. The third-order valence-electron chi connectivity index (χ3n) is 5.30. The van der Waals surface area contributed by atoms with Crippen LogP contribution in [0, 0.1) is 0 Å². The average molecular weight is 447 g/mol. The maximum absolute atomic E-state index is 12.7. The summed E-state index contributed by atoms with van der Waals surface area (Å²) in [5, 5.41) is 19.5. The van der Waals surface area contributed by atoms with E-state index in [-0.39, 0.29) is 29.8 Å². The van der Waals surface area contributed by atoms with Crippen molar-refractivity contribution in [2.75, 3.05) is 12.4 Å². The van der Waals surface area contributed by atoms with Gasteiger partial charge in [0.1, 0.15) is 0 Å². The zero-order valence-electron chi connectivity index (χ0n) is 17.3. The van der Waals surface area contributed by atoms with E-state index in [2.05, 4.69) is 25.5 Å². The standard InChI is InChI=1S/C21H23F2N5O4/c1-31-19-17(32-20(22)23)9-13(11-24-19)12-6-7-28-15(8-12)10-18(27-28)26-21(30)25-14-2-4-16(29)5-3-14/h6-11,14,16,20,29H,2-5H2,1H3,(H2,25,26,27,30). The average Bonchev–Trinajstić information content (AvgIpc) is 3.16. The molecule has 170 valence electrons. The Hall–Kier alpha value is -3.47. The summed E-state index contributed by atoms with van der Waals surface area (Å²) in [5.74, 6) is 0.164. The van der Waals surface area contributed by atoms with Crippen LogP contribution < -0.4 is 20.1 Å². The molecule has 0 aromatic carbocycles. The van der Waals surface area contributed by atoms with Crippen LogP contribution in [0.1, 0.15) is 25.7 Å². The molecule has 3 aromatic rings. The molecule has 0 radical (unpaired) electrons. The van der Waals surface area contributed by atoms with E-state index in [1.807, 2.05) is 0 Å². The molecule has 0 spiro atoms. The van der Waals surface area contributed by atoms with E-state index in [0.29, 0.717) is 35.3 Å². The summed E-state index contributed by atoms with van der Waals surface area (Å²) in [5.41, 5.74) is 1.94. The Morgan fingerprint density at radius 2 is 2.00 bits per heavy atom. The van der Waals surface area contributed by atoms with Gasteiger partial charge >= 0.3 is 12.6 Å². The smallest absolute Gasteiger partial charge is 0.387 e. The van der Waals surface area contributed by atoms with E-state index in [0.717, 1.165) is 12.8 Å². The highest BCUT2D eigenvalue weighted by molar-refractivity contribution is 5.89. The number of alkyl halides is 2. The number of nitrogens with one attached hydrogen (secondary N) is 2. The molecule has 1 fully saturated rings. The number of aliphatic hydroxyl groups is 1. The number of hydrogen-bond acceptors (Lipinski definition) is 6. The van der Waals surface area contributed by atoms with Crippen molar-refractivity contribution in [3.8, 4) is 22.8 Å². The van der Waals surface area contributed by atoms with Crippen LogP contribution in [0.5, 0.6) is 11.6 Å². The van der Waals surface area contributed by atoms with E-state index in [1.165, 1.54) is 19.4 Å². The Kier molecular flexibility index (Phi) is 6.35. The molecule has 0 atom stereocenters. The summed E-state index contributed by atoms with van der Waals surface area (Å²) in [6.45, 7) is -3.00. The topological polar surface area (TPSA) is 110 Å². The van der Waals surface area contributed by atoms with Gasteiger partial charge < -0.3 is 19.9 Å². The number of rotatable bonds is 6. The number of halogens is 2. The number of amides is 2. The van der Waals surface area contributed by atoms with Gasteiger partial charge in [-0.2, -0.15) is 8.78 Å². The fraction of sp³-hybridized carbons (Fsp3) is 0.381. The fourth-order valence-electron chi connectivity index (χ4n) is 3.72. The van der Waals surface area contributed by atoms with E-state index in [9.17, 15) is 18.7 Å². The van der Waals surface area contributed by atoms with Gasteiger partial charge in [0, 0.05) is 30.1 Å². The number of nitrogens with zero attached hydrogens (tertiary/aromatic N) is 3. The first-order valence-corrected chi connectivity index (χ1v) is 10.2. The van der Waals surface area contributed by atoms with Crippen LogP contribution in [0.4, 0.5) is 19.4 Å². The Bertz CT molecular complexity index is 1100. The Morgan fingerprint density at radius 3 is 2.72 bits per heavy atom. The van der Waals surface area contributed by atoms with E-state index in [4.69, 9.17) is 4.74 Å². The minimum atomic E-state index is -3.00. The summed E-state index contributed by atoms with van der Waals surface area (Å²) in [7, 11) is 1.32. The van der Waals surface area contributed by atoms with Crippen molar-refractivity contribution in [2.24, 2.45) is 0 Å². The number of pyridine rings is 2. The van der Waals surface area contributed by atoms with Crippen LogP contribution in [0.2, 0.25) is 0 Å². The number of methoxy groups -OCH3 is 1. The first-order chi connectivity index (χ1) is 15.4. The number of aliphatic hydroxyl groups excluding tert-OH is 1. The van der Waals surface area contributed by atoms with Crippen LogP contribution >= 0.6 is 0 Å². The lowest BCUT2D eigenvalue weighted by Gasteiger charge is -2.25. The second-order valence-corrected chi connectivity index (χ2v) is 7.53. The number of hydrogen-bond donors (Lipinski definition) is 3. The molecule has 1 aliphatic rings. The predicted molar refractivity (Wildman–Crippen MR) is 112 cm³/mol. The molecule has 1 saturated carbocycles. The molecule has 0 bridgehead atoms. The molecule has 3 aromatic heterocycles. The van der Waals surface area contributed by atoms with Crippen LogP contribution in [0.3, 0.4) is 0 Å². The minimum Gasteiger partial charge on any atom is -0.478 e. The van der Waals surface area contributed by atoms with Gasteiger partial charge in [0.05, 0.1) is 18.7 Å². The zero-order valence-corrected chi connectivity index (χ0v) is 17.3. The highest BCUT2D eigenvalue weighted by atomic mass is 19.3. The number of fused-ring (bicyclic) bond motifs is 1. The Labute approximate surface area is 182 Å². The molecule has 1 aliphatic carbocycles. The monoisotopic (exact) mass is 447 g/mol. The van der Waals surface area contributed by atoms with Crippen molar-refractivity contribution in [1.82, 2.24) is 19.9 Å². The number of carbonyl (C=O) groups excluding carboxylic acids is 1. The quantitative estimate of drug-likeness (QED) is 0.534. The number of aromatic nitrogens is 3. The first-order valence-electron chi connectivity index (χ1n) is 10.2.